The molecule has 2 aliphatic heterocycles. The van der Waals surface area contributed by atoms with E-state index in [0.29, 0.717) is 41.5 Å². The smallest absolute Gasteiger partial charge is 0.251 e. The molecule has 1 aliphatic carbocycles. The van der Waals surface area contributed by atoms with Crippen LogP contribution in [0.15, 0.2) is 60.1 Å². The van der Waals surface area contributed by atoms with Crippen molar-refractivity contribution in [2.45, 2.75) is 45.7 Å². The van der Waals surface area contributed by atoms with Crippen LogP contribution in [-0.2, 0) is 17.6 Å². The van der Waals surface area contributed by atoms with E-state index in [1.807, 2.05) is 25.1 Å². The summed E-state index contributed by atoms with van der Waals surface area (Å²) in [7, 11) is 0. The molecule has 0 saturated carbocycles. The number of carbonyl (C=O) groups is 2. The molecule has 0 radical (unpaired) electrons. The van der Waals surface area contributed by atoms with Gasteiger partial charge in [-0.05, 0) is 86.7 Å². The topological polar surface area (TPSA) is 70.7 Å². The molecule has 0 bridgehead atoms. The maximum Gasteiger partial charge on any atom is 0.251 e. The lowest BCUT2D eigenvalue weighted by Gasteiger charge is -2.55. The van der Waals surface area contributed by atoms with Crippen LogP contribution in [0.5, 0.6) is 0 Å². The fourth-order valence-electron chi connectivity index (χ4n) is 5.63. The number of carbonyl (C=O) groups excluding carboxylic acids is 2. The molecule has 1 amide bonds. The number of allylic oxidation sites excluding steroid dienone is 4. The second-order valence-electron chi connectivity index (χ2n) is 11.4. The van der Waals surface area contributed by atoms with Crippen LogP contribution in [0.3, 0.4) is 0 Å². The molecule has 212 valence electrons. The Balaban J connectivity index is 1.20. The number of nitrogens with zero attached hydrogens (tertiary/aromatic N) is 1. The number of likely N-dealkylation sites (tertiary alicyclic amines) is 1. The van der Waals surface area contributed by atoms with E-state index in [4.69, 9.17) is 4.74 Å². The molecule has 2 aromatic rings. The first kappa shape index (κ1) is 28.2. The van der Waals surface area contributed by atoms with E-state index in [1.165, 1.54) is 13.0 Å². The fourth-order valence-corrected chi connectivity index (χ4v) is 5.63. The second kappa shape index (κ2) is 12.0. The molecule has 40 heavy (non-hydrogen) atoms. The first-order chi connectivity index (χ1) is 19.2. The molecule has 2 saturated heterocycles. The van der Waals surface area contributed by atoms with Crippen LogP contribution in [0.1, 0.15) is 64.1 Å². The molecule has 2 fully saturated rings. The van der Waals surface area contributed by atoms with Crippen molar-refractivity contribution in [2.75, 3.05) is 44.7 Å². The number of nitrogens with one attached hydrogen (secondary N) is 2. The van der Waals surface area contributed by atoms with Crippen molar-refractivity contribution in [2.24, 2.45) is 5.41 Å². The number of ether oxygens (including phenoxy) is 1. The summed E-state index contributed by atoms with van der Waals surface area (Å²) >= 11 is 0. The van der Waals surface area contributed by atoms with Crippen molar-refractivity contribution in [3.8, 4) is 0 Å². The molecule has 5 rings (SSSR count). The first-order valence-corrected chi connectivity index (χ1v) is 14.0. The van der Waals surface area contributed by atoms with Gasteiger partial charge in [0.1, 0.15) is 5.83 Å². The largest absolute Gasteiger partial charge is 0.380 e. The Labute approximate surface area is 234 Å². The van der Waals surface area contributed by atoms with E-state index in [9.17, 15) is 18.4 Å². The molecule has 2 N–H and O–H groups in total. The normalized spacial score (nSPS) is 19.1. The van der Waals surface area contributed by atoms with Crippen LogP contribution < -0.4 is 10.6 Å². The molecule has 1 spiro atoms. The summed E-state index contributed by atoms with van der Waals surface area (Å²) in [5, 5.41) is 6.23. The van der Waals surface area contributed by atoms with Crippen LogP contribution in [0.4, 0.5) is 14.5 Å². The van der Waals surface area contributed by atoms with E-state index < -0.39 is 6.17 Å². The zero-order valence-electron chi connectivity index (χ0n) is 23.2. The number of amides is 1. The van der Waals surface area contributed by atoms with Crippen molar-refractivity contribution in [1.82, 2.24) is 10.2 Å². The minimum absolute atomic E-state index is 0.0711. The predicted molar refractivity (Wildman–Crippen MR) is 152 cm³/mol. The van der Waals surface area contributed by atoms with Gasteiger partial charge in [-0.2, -0.15) is 0 Å². The summed E-state index contributed by atoms with van der Waals surface area (Å²) in [5.74, 6) is -0.622. The zero-order valence-corrected chi connectivity index (χ0v) is 23.2. The summed E-state index contributed by atoms with van der Waals surface area (Å²) in [6.45, 7) is 8.36. The quantitative estimate of drug-likeness (QED) is 0.389. The Bertz CT molecular complexity index is 1340. The standard InChI is InChI=1S/C32H37F2N3O3/c1-21(33)3-9-26(34)10-4-22(2)36-27-11-12-28-24(15-27)7-5-23-6-8-25(16-29(23)30(28)38)31(39)35-13-14-37-17-32(18-37)19-40-20-32/h4,6,8,10-12,15-16,21,36H,3,5,7,9,13-14,17-20H2,1-2H3,(H,35,39)/b22-4+,26-10+. The van der Waals surface area contributed by atoms with Gasteiger partial charge in [-0.1, -0.05) is 6.07 Å². The summed E-state index contributed by atoms with van der Waals surface area (Å²) in [4.78, 5) is 28.7. The SMILES string of the molecule is C/C(=C\C=C(\F)CCC(C)F)Nc1ccc2c(c1)CCc1ccc(C(=O)NCCN3CC4(COC4)C3)cc1C2=O. The maximum atomic E-state index is 13.9. The van der Waals surface area contributed by atoms with Gasteiger partial charge in [-0.25, -0.2) is 8.78 Å². The summed E-state index contributed by atoms with van der Waals surface area (Å²) in [5.41, 5.74) is 5.43. The van der Waals surface area contributed by atoms with Gasteiger partial charge in [-0.3, -0.25) is 9.59 Å². The maximum absolute atomic E-state index is 13.9. The van der Waals surface area contributed by atoms with Gasteiger partial charge in [0.15, 0.2) is 5.78 Å². The lowest BCUT2D eigenvalue weighted by molar-refractivity contribution is -0.188. The van der Waals surface area contributed by atoms with Gasteiger partial charge in [0.2, 0.25) is 0 Å². The van der Waals surface area contributed by atoms with Gasteiger partial charge in [-0.15, -0.1) is 0 Å². The first-order valence-electron chi connectivity index (χ1n) is 14.0. The number of anilines is 1. The molecule has 6 nitrogen and oxygen atoms in total. The highest BCUT2D eigenvalue weighted by Crippen LogP contribution is 2.37. The molecule has 3 aliphatic rings. The lowest BCUT2D eigenvalue weighted by Crippen LogP contribution is -2.66. The van der Waals surface area contributed by atoms with E-state index in [1.54, 1.807) is 24.3 Å². The van der Waals surface area contributed by atoms with E-state index in [2.05, 4.69) is 15.5 Å². The van der Waals surface area contributed by atoms with Gasteiger partial charge in [0, 0.05) is 66.1 Å². The van der Waals surface area contributed by atoms with E-state index in [0.717, 1.165) is 55.4 Å². The van der Waals surface area contributed by atoms with Crippen LogP contribution >= 0.6 is 0 Å². The summed E-state index contributed by atoms with van der Waals surface area (Å²) in [6.07, 6.45) is 3.56. The number of rotatable bonds is 10. The minimum atomic E-state index is -1.03. The summed E-state index contributed by atoms with van der Waals surface area (Å²) < 4.78 is 32.1. The molecule has 2 aromatic carbocycles. The molecular weight excluding hydrogens is 512 g/mol. The Kier molecular flexibility index (Phi) is 8.47. The molecule has 0 aromatic heterocycles. The molecule has 1 atom stereocenters. The van der Waals surface area contributed by atoms with Crippen molar-refractivity contribution < 1.29 is 23.1 Å². The van der Waals surface area contributed by atoms with Crippen molar-refractivity contribution in [1.29, 1.82) is 0 Å². The third kappa shape index (κ3) is 6.50. The van der Waals surface area contributed by atoms with Gasteiger partial charge < -0.3 is 20.3 Å². The Morgan fingerprint density at radius 2 is 1.88 bits per heavy atom. The number of halogens is 2. The number of hydrogen-bond donors (Lipinski definition) is 2. The highest BCUT2D eigenvalue weighted by Gasteiger charge is 2.48. The number of ketones is 1. The highest BCUT2D eigenvalue weighted by molar-refractivity contribution is 6.12. The Hall–Kier alpha value is -3.36. The Morgan fingerprint density at radius 1 is 1.10 bits per heavy atom. The van der Waals surface area contributed by atoms with E-state index >= 15 is 0 Å². The highest BCUT2D eigenvalue weighted by atomic mass is 19.1. The summed E-state index contributed by atoms with van der Waals surface area (Å²) in [6, 6.07) is 11.0. The second-order valence-corrected chi connectivity index (χ2v) is 11.4. The fraction of sp³-hybridized carbons (Fsp3) is 0.438. The van der Waals surface area contributed by atoms with Gasteiger partial charge in [0.05, 0.1) is 19.4 Å². The number of hydrogen-bond acceptors (Lipinski definition) is 5. The third-order valence-electron chi connectivity index (χ3n) is 7.91. The lowest BCUT2D eigenvalue weighted by atomic mass is 9.78. The van der Waals surface area contributed by atoms with E-state index in [-0.39, 0.29) is 30.4 Å². The predicted octanol–water partition coefficient (Wildman–Crippen LogP) is 5.39. The van der Waals surface area contributed by atoms with Crippen molar-refractivity contribution in [3.05, 3.63) is 87.9 Å². The number of fused-ring (bicyclic) bond motifs is 2. The minimum Gasteiger partial charge on any atom is -0.380 e. The van der Waals surface area contributed by atoms with Crippen molar-refractivity contribution in [3.63, 3.8) is 0 Å². The van der Waals surface area contributed by atoms with Crippen LogP contribution in [-0.4, -0.2) is 62.2 Å². The average Bonchev–Trinajstić information content (AvgIpc) is 3.02. The van der Waals surface area contributed by atoms with Crippen LogP contribution in [0.25, 0.3) is 0 Å². The van der Waals surface area contributed by atoms with Gasteiger partial charge in [0.25, 0.3) is 5.91 Å². The molecular formula is C32H37F2N3O3. The van der Waals surface area contributed by atoms with Crippen LogP contribution in [0, 0.1) is 5.41 Å². The number of aryl methyl sites for hydroxylation is 2. The third-order valence-corrected chi connectivity index (χ3v) is 7.91. The van der Waals surface area contributed by atoms with Crippen LogP contribution in [0.2, 0.25) is 0 Å². The molecule has 1 unspecified atom stereocenters. The Morgan fingerprint density at radius 3 is 2.60 bits per heavy atom. The van der Waals surface area contributed by atoms with Crippen molar-refractivity contribution >= 4 is 17.4 Å². The average molecular weight is 550 g/mol. The monoisotopic (exact) mass is 549 g/mol. The molecule has 8 heteroatoms. The molecule has 2 heterocycles. The zero-order chi connectivity index (χ0) is 28.3. The van der Waals surface area contributed by atoms with Gasteiger partial charge >= 0.3 is 0 Å². The number of alkyl halides is 1. The number of benzene rings is 2.